The third kappa shape index (κ3) is 3.91. The Hall–Kier alpha value is -2.38. The Morgan fingerprint density at radius 1 is 1.21 bits per heavy atom. The monoisotopic (exact) mass is 403 g/mol. The van der Waals surface area contributed by atoms with E-state index in [-0.39, 0.29) is 24.2 Å². The van der Waals surface area contributed by atoms with Gasteiger partial charge in [0, 0.05) is 37.6 Å². The molecule has 2 aliphatic heterocycles. The van der Waals surface area contributed by atoms with E-state index in [1.165, 1.54) is 0 Å². The largest absolute Gasteiger partial charge is 0.350 e. The Morgan fingerprint density at radius 3 is 2.57 bits per heavy atom. The van der Waals surface area contributed by atoms with Crippen molar-refractivity contribution in [2.24, 2.45) is 0 Å². The average Bonchev–Trinajstić information content (AvgIpc) is 3.39. The van der Waals surface area contributed by atoms with Gasteiger partial charge in [0.05, 0.1) is 0 Å². The van der Waals surface area contributed by atoms with Gasteiger partial charge in [-0.2, -0.15) is 5.10 Å². The van der Waals surface area contributed by atoms with Crippen LogP contribution < -0.4 is 15.5 Å². The molecule has 28 heavy (non-hydrogen) atoms. The van der Waals surface area contributed by atoms with E-state index < -0.39 is 5.54 Å². The van der Waals surface area contributed by atoms with Crippen LogP contribution in [-0.2, 0) is 21.7 Å². The first kappa shape index (κ1) is 20.4. The van der Waals surface area contributed by atoms with Crippen LogP contribution in [0.1, 0.15) is 31.2 Å². The number of nitrogens with one attached hydrogen (secondary N) is 2. The standard InChI is InChI=1S/C20H25N5O2.ClH/c26-18-3-1-13-24(18)17-6-4-16(5-7-17)15-22-19(27)20(8-11-21-12-9-20)25-14-2-10-23-25;/h2,4-7,10,14,21H,1,3,8-9,11-13,15H2,(H,22,27);1H. The molecule has 150 valence electrons. The summed E-state index contributed by atoms with van der Waals surface area (Å²) in [5, 5.41) is 10.7. The molecule has 0 radical (unpaired) electrons. The van der Waals surface area contributed by atoms with Crippen molar-refractivity contribution in [3.63, 3.8) is 0 Å². The van der Waals surface area contributed by atoms with Crippen LogP contribution in [0.5, 0.6) is 0 Å². The number of halogens is 1. The van der Waals surface area contributed by atoms with Gasteiger partial charge in [-0.25, -0.2) is 0 Å². The van der Waals surface area contributed by atoms with Crippen molar-refractivity contribution in [1.82, 2.24) is 20.4 Å². The number of rotatable bonds is 5. The summed E-state index contributed by atoms with van der Waals surface area (Å²) in [5.41, 5.74) is 1.32. The SMILES string of the molecule is Cl.O=C1CCCN1c1ccc(CNC(=O)C2(n3cccn3)CCNCC2)cc1. The third-order valence-electron chi connectivity index (χ3n) is 5.57. The molecule has 3 heterocycles. The van der Waals surface area contributed by atoms with Crippen molar-refractivity contribution in [1.29, 1.82) is 0 Å². The summed E-state index contributed by atoms with van der Waals surface area (Å²) in [6, 6.07) is 9.72. The summed E-state index contributed by atoms with van der Waals surface area (Å²) in [7, 11) is 0. The quantitative estimate of drug-likeness (QED) is 0.798. The van der Waals surface area contributed by atoms with E-state index in [1.807, 2.05) is 41.4 Å². The minimum atomic E-state index is -0.628. The Kier molecular flexibility index (Phi) is 6.36. The Labute approximate surface area is 170 Å². The lowest BCUT2D eigenvalue weighted by molar-refractivity contribution is -0.132. The molecule has 0 atom stereocenters. The number of hydrogen-bond acceptors (Lipinski definition) is 4. The number of anilines is 1. The second-order valence-corrected chi connectivity index (χ2v) is 7.23. The number of nitrogens with zero attached hydrogens (tertiary/aromatic N) is 3. The van der Waals surface area contributed by atoms with Gasteiger partial charge in [0.15, 0.2) is 0 Å². The predicted molar refractivity (Wildman–Crippen MR) is 109 cm³/mol. The number of hydrogen-bond donors (Lipinski definition) is 2. The first-order valence-corrected chi connectivity index (χ1v) is 9.57. The molecule has 2 aliphatic rings. The summed E-state index contributed by atoms with van der Waals surface area (Å²) in [6.45, 7) is 2.84. The van der Waals surface area contributed by atoms with Crippen molar-refractivity contribution in [2.75, 3.05) is 24.5 Å². The van der Waals surface area contributed by atoms with Crippen molar-refractivity contribution < 1.29 is 9.59 Å². The summed E-state index contributed by atoms with van der Waals surface area (Å²) >= 11 is 0. The van der Waals surface area contributed by atoms with Gasteiger partial charge in [0.25, 0.3) is 0 Å². The van der Waals surface area contributed by atoms with Crippen molar-refractivity contribution in [3.8, 4) is 0 Å². The van der Waals surface area contributed by atoms with Crippen LogP contribution in [0.2, 0.25) is 0 Å². The molecule has 4 rings (SSSR count). The van der Waals surface area contributed by atoms with Gasteiger partial charge in [-0.1, -0.05) is 12.1 Å². The van der Waals surface area contributed by atoms with Crippen LogP contribution in [-0.4, -0.2) is 41.2 Å². The molecule has 0 bridgehead atoms. The van der Waals surface area contributed by atoms with E-state index in [0.29, 0.717) is 13.0 Å². The average molecular weight is 404 g/mol. The van der Waals surface area contributed by atoms with Crippen LogP contribution >= 0.6 is 12.4 Å². The molecule has 2 fully saturated rings. The second-order valence-electron chi connectivity index (χ2n) is 7.23. The van der Waals surface area contributed by atoms with Crippen molar-refractivity contribution >= 4 is 29.9 Å². The molecule has 2 saturated heterocycles. The number of benzene rings is 1. The zero-order valence-corrected chi connectivity index (χ0v) is 16.6. The molecule has 7 nitrogen and oxygen atoms in total. The summed E-state index contributed by atoms with van der Waals surface area (Å²) < 4.78 is 1.80. The number of carbonyl (C=O) groups is 2. The van der Waals surface area contributed by atoms with Crippen LogP contribution in [0.3, 0.4) is 0 Å². The number of amides is 2. The molecule has 0 saturated carbocycles. The highest BCUT2D eigenvalue weighted by Gasteiger charge is 2.41. The van der Waals surface area contributed by atoms with E-state index in [0.717, 1.165) is 50.1 Å². The maximum absolute atomic E-state index is 13.1. The minimum absolute atomic E-state index is 0. The fourth-order valence-corrected chi connectivity index (χ4v) is 3.98. The molecular weight excluding hydrogens is 378 g/mol. The normalized spacial score (nSPS) is 18.6. The van der Waals surface area contributed by atoms with E-state index in [4.69, 9.17) is 0 Å². The van der Waals surface area contributed by atoms with Gasteiger partial charge >= 0.3 is 0 Å². The van der Waals surface area contributed by atoms with Crippen LogP contribution in [0.4, 0.5) is 5.69 Å². The van der Waals surface area contributed by atoms with Crippen molar-refractivity contribution in [3.05, 3.63) is 48.3 Å². The smallest absolute Gasteiger partial charge is 0.248 e. The highest BCUT2D eigenvalue weighted by molar-refractivity contribution is 5.95. The highest BCUT2D eigenvalue weighted by Crippen LogP contribution is 2.27. The maximum Gasteiger partial charge on any atom is 0.248 e. The third-order valence-corrected chi connectivity index (χ3v) is 5.57. The van der Waals surface area contributed by atoms with Crippen LogP contribution in [0.15, 0.2) is 42.7 Å². The van der Waals surface area contributed by atoms with Gasteiger partial charge < -0.3 is 15.5 Å². The van der Waals surface area contributed by atoms with Gasteiger partial charge in [0.2, 0.25) is 11.8 Å². The van der Waals surface area contributed by atoms with Gasteiger partial charge in [-0.05, 0) is 56.1 Å². The maximum atomic E-state index is 13.1. The Bertz CT molecular complexity index is 801. The minimum Gasteiger partial charge on any atom is -0.350 e. The van der Waals surface area contributed by atoms with Crippen LogP contribution in [0.25, 0.3) is 0 Å². The van der Waals surface area contributed by atoms with Gasteiger partial charge in [0.1, 0.15) is 5.54 Å². The number of piperidine rings is 1. The molecule has 0 spiro atoms. The zero-order valence-electron chi connectivity index (χ0n) is 15.8. The predicted octanol–water partition coefficient (Wildman–Crippen LogP) is 1.83. The van der Waals surface area contributed by atoms with E-state index in [2.05, 4.69) is 15.7 Å². The van der Waals surface area contributed by atoms with Crippen LogP contribution in [0, 0.1) is 0 Å². The summed E-state index contributed by atoms with van der Waals surface area (Å²) in [6.07, 6.45) is 6.57. The Balaban J connectivity index is 0.00000225. The van der Waals surface area contributed by atoms with Crippen molar-refractivity contribution in [2.45, 2.75) is 37.8 Å². The molecule has 1 aromatic heterocycles. The van der Waals surface area contributed by atoms with E-state index in [9.17, 15) is 9.59 Å². The number of aromatic nitrogens is 2. The van der Waals surface area contributed by atoms with Gasteiger partial charge in [-0.3, -0.25) is 14.3 Å². The van der Waals surface area contributed by atoms with E-state index >= 15 is 0 Å². The topological polar surface area (TPSA) is 79.3 Å². The highest BCUT2D eigenvalue weighted by atomic mass is 35.5. The lowest BCUT2D eigenvalue weighted by Gasteiger charge is -2.36. The fourth-order valence-electron chi connectivity index (χ4n) is 3.98. The lowest BCUT2D eigenvalue weighted by Crippen LogP contribution is -2.54. The summed E-state index contributed by atoms with van der Waals surface area (Å²) in [5.74, 6) is 0.189. The molecule has 8 heteroatoms. The number of carbonyl (C=O) groups excluding carboxylic acids is 2. The second kappa shape index (κ2) is 8.75. The zero-order chi connectivity index (χ0) is 18.7. The first-order chi connectivity index (χ1) is 13.2. The van der Waals surface area contributed by atoms with E-state index in [1.54, 1.807) is 10.9 Å². The molecular formula is C20H26ClN5O2. The first-order valence-electron chi connectivity index (χ1n) is 9.57. The molecule has 2 N–H and O–H groups in total. The van der Waals surface area contributed by atoms with Gasteiger partial charge in [-0.15, -0.1) is 12.4 Å². The fraction of sp³-hybridized carbons (Fsp3) is 0.450. The molecule has 0 aliphatic carbocycles. The molecule has 2 amide bonds. The molecule has 2 aromatic rings. The lowest BCUT2D eigenvalue weighted by atomic mass is 9.87. The summed E-state index contributed by atoms with van der Waals surface area (Å²) in [4.78, 5) is 26.7. The Morgan fingerprint density at radius 2 is 1.96 bits per heavy atom. The molecule has 0 unspecified atom stereocenters. The molecule has 1 aromatic carbocycles.